The van der Waals surface area contributed by atoms with Crippen LogP contribution in [0.4, 0.5) is 5.69 Å². The maximum atomic E-state index is 5.78. The van der Waals surface area contributed by atoms with Crippen LogP contribution in [-0.4, -0.2) is 18.6 Å². The van der Waals surface area contributed by atoms with Crippen LogP contribution in [0.15, 0.2) is 24.2 Å². The number of nitrogens with two attached hydrogens (primary N) is 3. The first-order valence-electron chi connectivity index (χ1n) is 4.29. The molecule has 0 aromatic carbocycles. The first-order valence-corrected chi connectivity index (χ1v) is 4.29. The van der Waals surface area contributed by atoms with Gasteiger partial charge in [-0.1, -0.05) is 0 Å². The third kappa shape index (κ3) is 1.77. The second kappa shape index (κ2) is 4.48. The average molecular weight is 193 g/mol. The molecule has 0 saturated carbocycles. The summed E-state index contributed by atoms with van der Waals surface area (Å²) in [5, 5.41) is 3.12. The van der Waals surface area contributed by atoms with Gasteiger partial charge < -0.3 is 22.5 Å². The molecule has 7 N–H and O–H groups in total. The molecule has 14 heavy (non-hydrogen) atoms. The van der Waals surface area contributed by atoms with Crippen molar-refractivity contribution in [1.82, 2.24) is 4.98 Å². The lowest BCUT2D eigenvalue weighted by atomic mass is 10.1. The molecule has 1 aromatic heterocycles. The molecule has 0 fully saturated rings. The van der Waals surface area contributed by atoms with Crippen LogP contribution in [0, 0.1) is 0 Å². The molecule has 0 saturated heterocycles. The second-order valence-electron chi connectivity index (χ2n) is 2.71. The molecule has 0 unspecified atom stereocenters. The number of anilines is 1. The summed E-state index contributed by atoms with van der Waals surface area (Å²) in [5.74, 6) is 0. The summed E-state index contributed by atoms with van der Waals surface area (Å²) in [6, 6.07) is 1.85. The molecule has 1 aromatic rings. The van der Waals surface area contributed by atoms with E-state index in [-0.39, 0.29) is 0 Å². The van der Waals surface area contributed by atoms with E-state index in [1.165, 1.54) is 7.05 Å². The van der Waals surface area contributed by atoms with Crippen LogP contribution in [0.2, 0.25) is 0 Å². The van der Waals surface area contributed by atoms with Gasteiger partial charge in [-0.2, -0.15) is 0 Å². The molecule has 2 rings (SSSR count). The van der Waals surface area contributed by atoms with Gasteiger partial charge in [-0.25, -0.2) is 0 Å². The summed E-state index contributed by atoms with van der Waals surface area (Å²) in [6.07, 6.45) is 3.45. The van der Waals surface area contributed by atoms with E-state index in [1.807, 2.05) is 6.07 Å². The van der Waals surface area contributed by atoms with E-state index in [0.29, 0.717) is 17.9 Å². The summed E-state index contributed by atoms with van der Waals surface area (Å²) in [7, 11) is 1.50. The van der Waals surface area contributed by atoms with Gasteiger partial charge in [0, 0.05) is 11.8 Å². The Morgan fingerprint density at radius 3 is 2.79 bits per heavy atom. The Morgan fingerprint density at radius 2 is 2.07 bits per heavy atom. The zero-order valence-corrected chi connectivity index (χ0v) is 8.12. The van der Waals surface area contributed by atoms with Crippen LogP contribution in [0.5, 0.6) is 0 Å². The third-order valence-electron chi connectivity index (χ3n) is 1.93. The van der Waals surface area contributed by atoms with Crippen molar-refractivity contribution < 1.29 is 0 Å². The van der Waals surface area contributed by atoms with Gasteiger partial charge in [-0.15, -0.1) is 0 Å². The van der Waals surface area contributed by atoms with Crippen LogP contribution >= 0.6 is 0 Å². The predicted molar refractivity (Wildman–Crippen MR) is 58.1 cm³/mol. The summed E-state index contributed by atoms with van der Waals surface area (Å²) in [4.78, 5) is 3.98. The molecular weight excluding hydrogens is 178 g/mol. The van der Waals surface area contributed by atoms with Crippen LogP contribution in [0.25, 0.3) is 5.70 Å². The lowest BCUT2D eigenvalue weighted by Gasteiger charge is -2.19. The summed E-state index contributed by atoms with van der Waals surface area (Å²) >= 11 is 0. The van der Waals surface area contributed by atoms with E-state index in [0.717, 1.165) is 11.3 Å². The molecule has 2 heterocycles. The number of rotatable bonds is 0. The normalized spacial score (nSPS) is 13.6. The van der Waals surface area contributed by atoms with Crippen molar-refractivity contribution in [1.29, 1.82) is 0 Å². The number of hydrogen-bond acceptors (Lipinski definition) is 5. The topological polar surface area (TPSA) is 103 Å². The molecule has 1 aliphatic rings. The van der Waals surface area contributed by atoms with Crippen LogP contribution in [-0.2, 0) is 0 Å². The second-order valence-corrected chi connectivity index (χ2v) is 2.71. The molecule has 0 atom stereocenters. The van der Waals surface area contributed by atoms with Crippen molar-refractivity contribution in [2.45, 2.75) is 0 Å². The van der Waals surface area contributed by atoms with Gasteiger partial charge >= 0.3 is 0 Å². The Hall–Kier alpha value is -1.75. The summed E-state index contributed by atoms with van der Waals surface area (Å²) in [6.45, 7) is 0.602. The minimum Gasteiger partial charge on any atom is -0.399 e. The standard InChI is InChI=1S/C8H10N4.CH5N/c9-6-3-12-7-4-11-2-1-5(7)8(6)10;1-2/h1-2,4,12H,3,9-10H2;2H2,1H3. The van der Waals surface area contributed by atoms with E-state index in [1.54, 1.807) is 12.4 Å². The molecule has 0 bridgehead atoms. The van der Waals surface area contributed by atoms with Gasteiger partial charge in [-0.3, -0.25) is 4.98 Å². The van der Waals surface area contributed by atoms with E-state index in [4.69, 9.17) is 11.5 Å². The fourth-order valence-corrected chi connectivity index (χ4v) is 1.23. The highest BCUT2D eigenvalue weighted by Crippen LogP contribution is 2.23. The van der Waals surface area contributed by atoms with Gasteiger partial charge in [0.05, 0.1) is 29.8 Å². The van der Waals surface area contributed by atoms with E-state index >= 15 is 0 Å². The average Bonchev–Trinajstić information content (AvgIpc) is 2.27. The van der Waals surface area contributed by atoms with Crippen molar-refractivity contribution in [2.75, 3.05) is 18.9 Å². The number of hydrogen-bond donors (Lipinski definition) is 4. The Morgan fingerprint density at radius 1 is 1.36 bits per heavy atom. The van der Waals surface area contributed by atoms with Gasteiger partial charge in [0.15, 0.2) is 0 Å². The highest BCUT2D eigenvalue weighted by atomic mass is 14.9. The highest BCUT2D eigenvalue weighted by molar-refractivity contribution is 5.78. The fraction of sp³-hybridized carbons (Fsp3) is 0.222. The summed E-state index contributed by atoms with van der Waals surface area (Å²) < 4.78 is 0. The van der Waals surface area contributed by atoms with Gasteiger partial charge in [0.1, 0.15) is 0 Å². The fourth-order valence-electron chi connectivity index (χ4n) is 1.23. The predicted octanol–water partition coefficient (Wildman–Crippen LogP) is -0.332. The monoisotopic (exact) mass is 193 g/mol. The molecule has 0 aliphatic carbocycles. The number of nitrogens with zero attached hydrogens (tertiary/aromatic N) is 1. The maximum absolute atomic E-state index is 5.78. The van der Waals surface area contributed by atoms with Crippen molar-refractivity contribution in [3.63, 3.8) is 0 Å². The molecule has 1 aliphatic heterocycles. The molecule has 0 amide bonds. The number of nitrogens with one attached hydrogen (secondary N) is 1. The van der Waals surface area contributed by atoms with E-state index < -0.39 is 0 Å². The number of aromatic nitrogens is 1. The quantitative estimate of drug-likeness (QED) is 0.451. The Balaban J connectivity index is 0.000000461. The largest absolute Gasteiger partial charge is 0.399 e. The molecule has 5 nitrogen and oxygen atoms in total. The van der Waals surface area contributed by atoms with Crippen LogP contribution < -0.4 is 22.5 Å². The molecule has 0 radical (unpaired) electrons. The lowest BCUT2D eigenvalue weighted by molar-refractivity contribution is 1.11. The minimum atomic E-state index is 0.602. The summed E-state index contributed by atoms with van der Waals surface area (Å²) in [5.41, 5.74) is 19.2. The van der Waals surface area contributed by atoms with Gasteiger partial charge in [0.2, 0.25) is 0 Å². The highest BCUT2D eigenvalue weighted by Gasteiger charge is 2.12. The first-order chi connectivity index (χ1) is 6.79. The van der Waals surface area contributed by atoms with E-state index in [9.17, 15) is 0 Å². The minimum absolute atomic E-state index is 0.602. The van der Waals surface area contributed by atoms with Crippen molar-refractivity contribution >= 4 is 11.4 Å². The number of pyridine rings is 1. The van der Waals surface area contributed by atoms with Crippen molar-refractivity contribution in [2.24, 2.45) is 17.2 Å². The molecule has 5 heteroatoms. The smallest absolute Gasteiger partial charge is 0.0625 e. The Kier molecular flexibility index (Phi) is 3.30. The van der Waals surface area contributed by atoms with Crippen LogP contribution in [0.3, 0.4) is 0 Å². The Labute approximate surface area is 83.0 Å². The van der Waals surface area contributed by atoms with Gasteiger partial charge in [0.25, 0.3) is 0 Å². The SMILES string of the molecule is CN.NC1=C(N)c2ccncc2NC1. The van der Waals surface area contributed by atoms with Crippen molar-refractivity contribution in [3.8, 4) is 0 Å². The zero-order chi connectivity index (χ0) is 10.6. The first kappa shape index (κ1) is 10.3. The zero-order valence-electron chi connectivity index (χ0n) is 8.12. The Bertz CT molecular complexity index is 345. The molecule has 0 spiro atoms. The van der Waals surface area contributed by atoms with E-state index in [2.05, 4.69) is 16.0 Å². The maximum Gasteiger partial charge on any atom is 0.0625 e. The van der Waals surface area contributed by atoms with Crippen LogP contribution in [0.1, 0.15) is 5.56 Å². The van der Waals surface area contributed by atoms with Crippen molar-refractivity contribution in [3.05, 3.63) is 29.7 Å². The molecule has 76 valence electrons. The number of fused-ring (bicyclic) bond motifs is 1. The lowest BCUT2D eigenvalue weighted by Crippen LogP contribution is -2.22. The molecular formula is C9H15N5. The van der Waals surface area contributed by atoms with Gasteiger partial charge in [-0.05, 0) is 13.1 Å². The third-order valence-corrected chi connectivity index (χ3v) is 1.93.